The Hall–Kier alpha value is -1.40. The van der Waals surface area contributed by atoms with E-state index in [4.69, 9.17) is 0 Å². The predicted molar refractivity (Wildman–Crippen MR) is 83.0 cm³/mol. The molecular weight excluding hydrogens is 286 g/mol. The number of nitrogens with zero attached hydrogens (tertiary/aromatic N) is 1. The standard InChI is InChI=1S/C15H21N3O2S/c1-3-10-7-8-16-12(9-10)15-17-11-5-4-6-13(14(11)18-15)21(2,19)20/h4-6,10,12,16H,3,7-9H2,1-2H3,(H,17,18). The maximum atomic E-state index is 11.9. The number of sulfone groups is 1. The van der Waals surface area contributed by atoms with Crippen LogP contribution >= 0.6 is 0 Å². The van der Waals surface area contributed by atoms with Crippen molar-refractivity contribution in [2.75, 3.05) is 12.8 Å². The van der Waals surface area contributed by atoms with Crippen LogP contribution in [0, 0.1) is 5.92 Å². The van der Waals surface area contributed by atoms with Crippen LogP contribution in [0.5, 0.6) is 0 Å². The summed E-state index contributed by atoms with van der Waals surface area (Å²) in [6, 6.07) is 5.43. The van der Waals surface area contributed by atoms with Crippen molar-refractivity contribution in [3.05, 3.63) is 24.0 Å². The molecule has 6 heteroatoms. The highest BCUT2D eigenvalue weighted by molar-refractivity contribution is 7.91. The number of nitrogens with one attached hydrogen (secondary N) is 2. The summed E-state index contributed by atoms with van der Waals surface area (Å²) in [6.45, 7) is 3.20. The zero-order valence-electron chi connectivity index (χ0n) is 12.4. The molecule has 0 radical (unpaired) electrons. The maximum Gasteiger partial charge on any atom is 0.177 e. The number of fused-ring (bicyclic) bond motifs is 1. The van der Waals surface area contributed by atoms with Crippen molar-refractivity contribution in [2.24, 2.45) is 5.92 Å². The molecule has 21 heavy (non-hydrogen) atoms. The van der Waals surface area contributed by atoms with E-state index in [1.54, 1.807) is 12.1 Å². The number of rotatable bonds is 3. The zero-order valence-corrected chi connectivity index (χ0v) is 13.2. The summed E-state index contributed by atoms with van der Waals surface area (Å²) in [5.41, 5.74) is 1.34. The molecule has 3 rings (SSSR count). The Kier molecular flexibility index (Phi) is 3.75. The van der Waals surface area contributed by atoms with Gasteiger partial charge < -0.3 is 10.3 Å². The van der Waals surface area contributed by atoms with E-state index in [1.807, 2.05) is 6.07 Å². The zero-order chi connectivity index (χ0) is 15.0. The van der Waals surface area contributed by atoms with Crippen LogP contribution < -0.4 is 5.32 Å². The van der Waals surface area contributed by atoms with Crippen molar-refractivity contribution >= 4 is 20.9 Å². The molecule has 0 amide bonds. The Balaban J connectivity index is 2.02. The van der Waals surface area contributed by atoms with Crippen LogP contribution in [0.15, 0.2) is 23.1 Å². The minimum atomic E-state index is -3.27. The second-order valence-corrected chi connectivity index (χ2v) is 7.84. The van der Waals surface area contributed by atoms with Crippen LogP contribution in [0.25, 0.3) is 11.0 Å². The minimum Gasteiger partial charge on any atom is -0.341 e. The number of piperidine rings is 1. The average Bonchev–Trinajstić information content (AvgIpc) is 2.90. The van der Waals surface area contributed by atoms with Crippen LogP contribution in [-0.2, 0) is 9.84 Å². The highest BCUT2D eigenvalue weighted by Gasteiger charge is 2.25. The number of H-pyrrole nitrogens is 1. The first-order chi connectivity index (χ1) is 9.99. The van der Waals surface area contributed by atoms with Crippen molar-refractivity contribution in [3.63, 3.8) is 0 Å². The molecule has 0 spiro atoms. The highest BCUT2D eigenvalue weighted by atomic mass is 32.2. The summed E-state index contributed by atoms with van der Waals surface area (Å²) in [5, 5.41) is 3.48. The van der Waals surface area contributed by atoms with E-state index in [0.717, 1.165) is 24.3 Å². The molecule has 1 aromatic heterocycles. The SMILES string of the molecule is CCC1CCNC(c2nc3c(S(C)(=O)=O)cccc3[nH]2)C1. The lowest BCUT2D eigenvalue weighted by atomic mass is 9.90. The highest BCUT2D eigenvalue weighted by Crippen LogP contribution is 2.30. The number of para-hydroxylation sites is 1. The number of hydrogen-bond donors (Lipinski definition) is 2. The smallest absolute Gasteiger partial charge is 0.177 e. The van der Waals surface area contributed by atoms with Gasteiger partial charge in [-0.2, -0.15) is 0 Å². The third kappa shape index (κ3) is 2.82. The Morgan fingerprint density at radius 1 is 1.38 bits per heavy atom. The molecule has 0 saturated carbocycles. The number of benzene rings is 1. The summed E-state index contributed by atoms with van der Waals surface area (Å²) in [5.74, 6) is 1.55. The van der Waals surface area contributed by atoms with Crippen LogP contribution in [0.2, 0.25) is 0 Å². The van der Waals surface area contributed by atoms with Gasteiger partial charge in [-0.25, -0.2) is 13.4 Å². The summed E-state index contributed by atoms with van der Waals surface area (Å²) in [7, 11) is -3.27. The van der Waals surface area contributed by atoms with Crippen molar-refractivity contribution in [2.45, 2.75) is 37.1 Å². The van der Waals surface area contributed by atoms with E-state index in [-0.39, 0.29) is 6.04 Å². The molecule has 2 atom stereocenters. The number of imidazole rings is 1. The lowest BCUT2D eigenvalue weighted by Crippen LogP contribution is -2.32. The minimum absolute atomic E-state index is 0.184. The monoisotopic (exact) mass is 307 g/mol. The molecule has 1 saturated heterocycles. The summed E-state index contributed by atoms with van der Waals surface area (Å²) in [4.78, 5) is 8.16. The van der Waals surface area contributed by atoms with E-state index in [9.17, 15) is 8.42 Å². The first-order valence-electron chi connectivity index (χ1n) is 7.41. The van der Waals surface area contributed by atoms with Crippen LogP contribution in [0.1, 0.15) is 38.1 Å². The fraction of sp³-hybridized carbons (Fsp3) is 0.533. The van der Waals surface area contributed by atoms with Crippen molar-refractivity contribution in [1.82, 2.24) is 15.3 Å². The van der Waals surface area contributed by atoms with E-state index >= 15 is 0 Å². The Morgan fingerprint density at radius 3 is 2.90 bits per heavy atom. The molecule has 2 heterocycles. The molecule has 2 unspecified atom stereocenters. The second-order valence-electron chi connectivity index (χ2n) is 5.85. The van der Waals surface area contributed by atoms with Crippen molar-refractivity contribution < 1.29 is 8.42 Å². The largest absolute Gasteiger partial charge is 0.341 e. The van der Waals surface area contributed by atoms with Gasteiger partial charge >= 0.3 is 0 Å². The first-order valence-corrected chi connectivity index (χ1v) is 9.30. The molecule has 2 N–H and O–H groups in total. The van der Waals surface area contributed by atoms with E-state index in [1.165, 1.54) is 19.1 Å². The third-order valence-corrected chi connectivity index (χ3v) is 5.44. The fourth-order valence-electron chi connectivity index (χ4n) is 3.06. The molecule has 5 nitrogen and oxygen atoms in total. The van der Waals surface area contributed by atoms with Crippen LogP contribution in [-0.4, -0.2) is 31.2 Å². The van der Waals surface area contributed by atoms with Crippen molar-refractivity contribution in [1.29, 1.82) is 0 Å². The third-order valence-electron chi connectivity index (χ3n) is 4.31. The fourth-order valence-corrected chi connectivity index (χ4v) is 3.90. The summed E-state index contributed by atoms with van der Waals surface area (Å²) >= 11 is 0. The van der Waals surface area contributed by atoms with Gasteiger partial charge in [0.15, 0.2) is 9.84 Å². The molecule has 0 aliphatic carbocycles. The van der Waals surface area contributed by atoms with E-state index in [0.29, 0.717) is 16.3 Å². The van der Waals surface area contributed by atoms with Gasteiger partial charge in [0.1, 0.15) is 11.3 Å². The second kappa shape index (κ2) is 5.42. The average molecular weight is 307 g/mol. The molecule has 1 fully saturated rings. The quantitative estimate of drug-likeness (QED) is 0.913. The van der Waals surface area contributed by atoms with E-state index in [2.05, 4.69) is 22.2 Å². The molecule has 2 aromatic rings. The van der Waals surface area contributed by atoms with Gasteiger partial charge in [0.25, 0.3) is 0 Å². The lowest BCUT2D eigenvalue weighted by molar-refractivity contribution is 0.292. The Morgan fingerprint density at radius 2 is 2.19 bits per heavy atom. The number of aromatic nitrogens is 2. The Bertz CT molecular complexity index is 751. The number of aromatic amines is 1. The molecule has 1 aliphatic rings. The van der Waals surface area contributed by atoms with Gasteiger partial charge in [-0.3, -0.25) is 0 Å². The van der Waals surface area contributed by atoms with Crippen LogP contribution in [0.3, 0.4) is 0 Å². The maximum absolute atomic E-state index is 11.9. The molecule has 0 bridgehead atoms. The van der Waals surface area contributed by atoms with Gasteiger partial charge in [-0.05, 0) is 37.4 Å². The number of hydrogen-bond acceptors (Lipinski definition) is 4. The van der Waals surface area contributed by atoms with Gasteiger partial charge in [0.05, 0.1) is 16.5 Å². The predicted octanol–water partition coefficient (Wildman–Crippen LogP) is 2.42. The van der Waals surface area contributed by atoms with Gasteiger partial charge in [0, 0.05) is 6.26 Å². The van der Waals surface area contributed by atoms with Gasteiger partial charge in [0.2, 0.25) is 0 Å². The van der Waals surface area contributed by atoms with Crippen molar-refractivity contribution in [3.8, 4) is 0 Å². The normalized spacial score (nSPS) is 23.5. The van der Waals surface area contributed by atoms with Gasteiger partial charge in [-0.15, -0.1) is 0 Å². The molecule has 114 valence electrons. The van der Waals surface area contributed by atoms with Gasteiger partial charge in [-0.1, -0.05) is 19.4 Å². The van der Waals surface area contributed by atoms with Crippen LogP contribution in [0.4, 0.5) is 0 Å². The topological polar surface area (TPSA) is 74.8 Å². The molecular formula is C15H21N3O2S. The Labute approximate surface area is 125 Å². The molecule has 1 aromatic carbocycles. The summed E-state index contributed by atoms with van der Waals surface area (Å²) in [6.07, 6.45) is 4.64. The van der Waals surface area contributed by atoms with E-state index < -0.39 is 9.84 Å². The molecule has 1 aliphatic heterocycles. The first kappa shape index (κ1) is 14.5. The lowest BCUT2D eigenvalue weighted by Gasteiger charge is -2.28. The summed E-state index contributed by atoms with van der Waals surface area (Å²) < 4.78 is 23.7.